The van der Waals surface area contributed by atoms with E-state index in [2.05, 4.69) is 27.5 Å². The van der Waals surface area contributed by atoms with Crippen LogP contribution in [-0.2, 0) is 13.0 Å². The number of hydrogen-bond acceptors (Lipinski definition) is 3. The Morgan fingerprint density at radius 2 is 2.08 bits per heavy atom. The van der Waals surface area contributed by atoms with Crippen molar-refractivity contribution in [3.05, 3.63) is 50.2 Å². The van der Waals surface area contributed by atoms with Gasteiger partial charge < -0.3 is 10.6 Å². The topological polar surface area (TPSA) is 49.3 Å². The molecule has 1 aromatic heterocycles. The van der Waals surface area contributed by atoms with Crippen LogP contribution >= 0.6 is 46.9 Å². The third-order valence-electron chi connectivity index (χ3n) is 3.52. The Kier molecular flexibility index (Phi) is 9.66. The highest BCUT2D eigenvalue weighted by Crippen LogP contribution is 2.19. The molecule has 2 aromatic rings. The molecule has 0 bridgehead atoms. The molecular weight excluding hydrogens is 474 g/mol. The molecule has 0 saturated carbocycles. The van der Waals surface area contributed by atoms with Gasteiger partial charge in [0.05, 0.1) is 12.2 Å². The quantitative estimate of drug-likeness (QED) is 0.352. The van der Waals surface area contributed by atoms with Crippen molar-refractivity contribution in [3.63, 3.8) is 0 Å². The number of halogens is 3. The molecule has 138 valence electrons. The number of nitrogens with one attached hydrogen (secondary N) is 2. The van der Waals surface area contributed by atoms with Crippen LogP contribution in [0.2, 0.25) is 5.02 Å². The minimum absolute atomic E-state index is 0. The molecule has 8 heteroatoms. The summed E-state index contributed by atoms with van der Waals surface area (Å²) in [7, 11) is 0. The van der Waals surface area contributed by atoms with Crippen LogP contribution in [0.3, 0.4) is 0 Å². The standard InChI is InChI=1S/C17H22ClFN4S.HI/c1-4-20-17(22-10-16-23-11(2)12(3)24-16)21-9-8-13-14(18)6-5-7-15(13)19;/h5-7H,4,8-10H2,1-3H3,(H2,20,21,22);1H. The minimum atomic E-state index is -0.278. The van der Waals surface area contributed by atoms with Gasteiger partial charge in [-0.25, -0.2) is 14.4 Å². The van der Waals surface area contributed by atoms with Crippen LogP contribution in [0.5, 0.6) is 0 Å². The summed E-state index contributed by atoms with van der Waals surface area (Å²) in [5.41, 5.74) is 1.58. The number of aryl methyl sites for hydroxylation is 2. The Morgan fingerprint density at radius 3 is 2.68 bits per heavy atom. The molecule has 0 amide bonds. The van der Waals surface area contributed by atoms with E-state index < -0.39 is 0 Å². The zero-order valence-electron chi connectivity index (χ0n) is 14.5. The molecule has 0 saturated heterocycles. The zero-order valence-corrected chi connectivity index (χ0v) is 18.4. The zero-order chi connectivity index (χ0) is 17.5. The maximum absolute atomic E-state index is 13.8. The first-order valence-electron chi connectivity index (χ1n) is 7.89. The van der Waals surface area contributed by atoms with Crippen molar-refractivity contribution in [1.29, 1.82) is 0 Å². The fourth-order valence-electron chi connectivity index (χ4n) is 2.17. The maximum Gasteiger partial charge on any atom is 0.191 e. The van der Waals surface area contributed by atoms with Gasteiger partial charge in [-0.05, 0) is 39.3 Å². The van der Waals surface area contributed by atoms with Crippen LogP contribution in [0.15, 0.2) is 23.2 Å². The van der Waals surface area contributed by atoms with Crippen molar-refractivity contribution in [2.45, 2.75) is 33.7 Å². The van der Waals surface area contributed by atoms with E-state index in [1.807, 2.05) is 13.8 Å². The van der Waals surface area contributed by atoms with Gasteiger partial charge in [0.1, 0.15) is 10.8 Å². The van der Waals surface area contributed by atoms with Gasteiger partial charge >= 0.3 is 0 Å². The molecule has 1 aromatic carbocycles. The lowest BCUT2D eigenvalue weighted by molar-refractivity contribution is 0.607. The Balaban J connectivity index is 0.00000312. The Morgan fingerprint density at radius 1 is 1.32 bits per heavy atom. The third-order valence-corrected chi connectivity index (χ3v) is 4.93. The van der Waals surface area contributed by atoms with Gasteiger partial charge in [0.15, 0.2) is 5.96 Å². The van der Waals surface area contributed by atoms with Crippen molar-refractivity contribution >= 4 is 52.9 Å². The molecule has 1 heterocycles. The summed E-state index contributed by atoms with van der Waals surface area (Å²) in [6.45, 7) is 7.88. The summed E-state index contributed by atoms with van der Waals surface area (Å²) in [6.07, 6.45) is 0.491. The molecule has 0 atom stereocenters. The molecule has 0 aliphatic heterocycles. The largest absolute Gasteiger partial charge is 0.357 e. The van der Waals surface area contributed by atoms with E-state index in [4.69, 9.17) is 11.6 Å². The summed E-state index contributed by atoms with van der Waals surface area (Å²) in [4.78, 5) is 10.2. The number of rotatable bonds is 6. The van der Waals surface area contributed by atoms with Crippen LogP contribution in [0.25, 0.3) is 0 Å². The average Bonchev–Trinajstić information content (AvgIpc) is 2.86. The van der Waals surface area contributed by atoms with E-state index in [0.717, 1.165) is 17.2 Å². The first kappa shape index (κ1) is 22.1. The van der Waals surface area contributed by atoms with Crippen molar-refractivity contribution in [1.82, 2.24) is 15.6 Å². The number of guanidine groups is 1. The van der Waals surface area contributed by atoms with E-state index in [1.54, 1.807) is 23.5 Å². The lowest BCUT2D eigenvalue weighted by Gasteiger charge is -2.12. The fourth-order valence-corrected chi connectivity index (χ4v) is 3.29. The highest BCUT2D eigenvalue weighted by Gasteiger charge is 2.07. The van der Waals surface area contributed by atoms with E-state index >= 15 is 0 Å². The van der Waals surface area contributed by atoms with Crippen LogP contribution in [0.4, 0.5) is 4.39 Å². The monoisotopic (exact) mass is 496 g/mol. The fraction of sp³-hybridized carbons (Fsp3) is 0.412. The average molecular weight is 497 g/mol. The molecule has 0 radical (unpaired) electrons. The molecule has 25 heavy (non-hydrogen) atoms. The second-order valence-corrected chi connectivity index (χ2v) is 7.02. The lowest BCUT2D eigenvalue weighted by atomic mass is 10.1. The first-order valence-corrected chi connectivity index (χ1v) is 9.08. The molecule has 0 aliphatic rings. The van der Waals surface area contributed by atoms with Gasteiger partial charge in [-0.1, -0.05) is 17.7 Å². The maximum atomic E-state index is 13.8. The first-order chi connectivity index (χ1) is 11.5. The lowest BCUT2D eigenvalue weighted by Crippen LogP contribution is -2.38. The SMILES string of the molecule is CCNC(=NCc1nc(C)c(C)s1)NCCc1c(F)cccc1Cl.I. The summed E-state index contributed by atoms with van der Waals surface area (Å²) in [5.74, 6) is 0.412. The smallest absolute Gasteiger partial charge is 0.191 e. The van der Waals surface area contributed by atoms with Gasteiger partial charge in [-0.3, -0.25) is 0 Å². The predicted octanol–water partition coefficient (Wildman–Crippen LogP) is 4.47. The van der Waals surface area contributed by atoms with Crippen molar-refractivity contribution < 1.29 is 4.39 Å². The predicted molar refractivity (Wildman–Crippen MR) is 115 cm³/mol. The number of nitrogens with zero attached hydrogens (tertiary/aromatic N) is 2. The summed E-state index contributed by atoms with van der Waals surface area (Å²) >= 11 is 7.70. The van der Waals surface area contributed by atoms with E-state index in [9.17, 15) is 4.39 Å². The third kappa shape index (κ3) is 6.71. The van der Waals surface area contributed by atoms with E-state index in [0.29, 0.717) is 36.1 Å². The molecule has 2 N–H and O–H groups in total. The van der Waals surface area contributed by atoms with Crippen molar-refractivity contribution in [2.24, 2.45) is 4.99 Å². The molecule has 0 unspecified atom stereocenters. The van der Waals surface area contributed by atoms with Gasteiger partial charge in [0.2, 0.25) is 0 Å². The van der Waals surface area contributed by atoms with Crippen LogP contribution in [0, 0.1) is 19.7 Å². The number of aromatic nitrogens is 1. The normalized spacial score (nSPS) is 11.2. The number of benzene rings is 1. The van der Waals surface area contributed by atoms with Crippen LogP contribution < -0.4 is 10.6 Å². The second kappa shape index (κ2) is 10.9. The molecule has 0 spiro atoms. The van der Waals surface area contributed by atoms with Crippen molar-refractivity contribution in [2.75, 3.05) is 13.1 Å². The molecular formula is C17H23ClFIN4S. The Hall–Kier alpha value is -0.930. The second-order valence-electron chi connectivity index (χ2n) is 5.32. The van der Waals surface area contributed by atoms with Crippen LogP contribution in [-0.4, -0.2) is 24.0 Å². The van der Waals surface area contributed by atoms with Crippen LogP contribution in [0.1, 0.15) is 28.1 Å². The van der Waals surface area contributed by atoms with Crippen molar-refractivity contribution in [3.8, 4) is 0 Å². The summed E-state index contributed by atoms with van der Waals surface area (Å²) in [6, 6.07) is 4.73. The van der Waals surface area contributed by atoms with Gasteiger partial charge in [0.25, 0.3) is 0 Å². The van der Waals surface area contributed by atoms with Gasteiger partial charge in [0, 0.05) is 28.6 Å². The number of thiazole rings is 1. The molecule has 2 rings (SSSR count). The molecule has 0 aliphatic carbocycles. The Labute approximate surface area is 174 Å². The number of hydrogen-bond donors (Lipinski definition) is 2. The minimum Gasteiger partial charge on any atom is -0.357 e. The van der Waals surface area contributed by atoms with Gasteiger partial charge in [-0.15, -0.1) is 35.3 Å². The molecule has 0 fully saturated rings. The van der Waals surface area contributed by atoms with Gasteiger partial charge in [-0.2, -0.15) is 0 Å². The molecule has 4 nitrogen and oxygen atoms in total. The van der Waals surface area contributed by atoms with E-state index in [1.165, 1.54) is 10.9 Å². The highest BCUT2D eigenvalue weighted by atomic mass is 127. The van der Waals surface area contributed by atoms with E-state index in [-0.39, 0.29) is 29.8 Å². The Bertz CT molecular complexity index is 681. The highest BCUT2D eigenvalue weighted by molar-refractivity contribution is 14.0. The number of aliphatic imine (C=N–C) groups is 1. The summed E-state index contributed by atoms with van der Waals surface area (Å²) < 4.78 is 13.8. The summed E-state index contributed by atoms with van der Waals surface area (Å²) in [5, 5.41) is 7.82.